The van der Waals surface area contributed by atoms with Crippen LogP contribution in [-0.2, 0) is 16.9 Å². The topological polar surface area (TPSA) is 123 Å². The van der Waals surface area contributed by atoms with Crippen molar-refractivity contribution in [3.63, 3.8) is 0 Å². The van der Waals surface area contributed by atoms with E-state index >= 15 is 0 Å². The van der Waals surface area contributed by atoms with Crippen molar-refractivity contribution in [2.24, 2.45) is 13.0 Å². The van der Waals surface area contributed by atoms with Crippen LogP contribution >= 0.6 is 11.6 Å². The van der Waals surface area contributed by atoms with Crippen molar-refractivity contribution in [2.45, 2.75) is 101 Å². The van der Waals surface area contributed by atoms with Gasteiger partial charge >= 0.3 is 0 Å². The normalized spacial score (nSPS) is 19.2. The summed E-state index contributed by atoms with van der Waals surface area (Å²) >= 11 is 6.45. The van der Waals surface area contributed by atoms with E-state index in [1.165, 1.54) is 47.7 Å². The summed E-state index contributed by atoms with van der Waals surface area (Å²) in [5.41, 5.74) is 3.66. The smallest absolute Gasteiger partial charge is 0.229 e. The Morgan fingerprint density at radius 2 is 1.77 bits per heavy atom. The Morgan fingerprint density at radius 3 is 2.42 bits per heavy atom. The highest BCUT2D eigenvalue weighted by molar-refractivity contribution is 7.92. The van der Waals surface area contributed by atoms with Crippen LogP contribution in [0.25, 0.3) is 0 Å². The van der Waals surface area contributed by atoms with Crippen LogP contribution in [0.1, 0.15) is 83.3 Å². The van der Waals surface area contributed by atoms with Gasteiger partial charge in [-0.3, -0.25) is 4.68 Å². The number of benzene rings is 1. The van der Waals surface area contributed by atoms with E-state index in [1.54, 1.807) is 27.1 Å². The molecule has 0 amide bonds. The average molecular weight is 630 g/mol. The van der Waals surface area contributed by atoms with E-state index in [0.29, 0.717) is 23.6 Å². The molecule has 12 heteroatoms. The fourth-order valence-electron chi connectivity index (χ4n) is 5.53. The number of anilines is 4. The zero-order valence-corrected chi connectivity index (χ0v) is 27.5. The number of aromatic nitrogens is 4. The first-order valence-electron chi connectivity index (χ1n) is 15.3. The van der Waals surface area contributed by atoms with Gasteiger partial charge in [0.25, 0.3) is 0 Å². The maximum Gasteiger partial charge on any atom is 0.229 e. The van der Waals surface area contributed by atoms with Crippen LogP contribution in [0.15, 0.2) is 29.6 Å². The molecule has 2 saturated carbocycles. The molecule has 5 rings (SSSR count). The molecule has 0 aliphatic heterocycles. The van der Waals surface area contributed by atoms with Crippen LogP contribution < -0.4 is 20.7 Å². The van der Waals surface area contributed by atoms with E-state index in [2.05, 4.69) is 63.9 Å². The summed E-state index contributed by atoms with van der Waals surface area (Å²) in [6.45, 7) is 10.9. The lowest BCUT2D eigenvalue weighted by molar-refractivity contribution is 0.298. The number of aryl methyl sites for hydroxylation is 2. The van der Waals surface area contributed by atoms with Gasteiger partial charge in [0.05, 0.1) is 28.9 Å². The molecule has 0 saturated heterocycles. The van der Waals surface area contributed by atoms with Gasteiger partial charge in [0.2, 0.25) is 20.8 Å². The van der Waals surface area contributed by atoms with Crippen LogP contribution in [0.4, 0.5) is 23.1 Å². The van der Waals surface area contributed by atoms with Gasteiger partial charge in [0, 0.05) is 19.3 Å². The van der Waals surface area contributed by atoms with Gasteiger partial charge in [-0.1, -0.05) is 25.4 Å². The SMILES string of the molecule is Cc1cc(Nc2ncc(Cl)c(Nc3cn(C)nc3S(=O)(=O)C(C)C)n2)c(OC2CC2)cc1C1CCC(CNC(C)C)CC1. The molecule has 0 unspecified atom stereocenters. The van der Waals surface area contributed by atoms with Crippen LogP contribution in [0.5, 0.6) is 5.75 Å². The third kappa shape index (κ3) is 7.61. The Morgan fingerprint density at radius 1 is 1.05 bits per heavy atom. The van der Waals surface area contributed by atoms with E-state index in [9.17, 15) is 8.42 Å². The van der Waals surface area contributed by atoms with Crippen molar-refractivity contribution in [1.82, 2.24) is 25.1 Å². The standard InChI is InChI=1S/C31H44ClN7O3S/c1-18(2)33-15-21-7-9-22(10-8-21)24-14-28(42-23-11-12-23)26(13-20(24)5)36-31-34-16-25(32)29(37-31)35-27-17-39(6)38-30(27)43(40,41)19(3)4/h13-14,16-19,21-23,33H,7-12,15H2,1-6H3,(H2,34,35,36,37). The Hall–Kier alpha value is -2.89. The van der Waals surface area contributed by atoms with Gasteiger partial charge in [0.15, 0.2) is 5.82 Å². The third-order valence-electron chi connectivity index (χ3n) is 8.22. The number of nitrogens with one attached hydrogen (secondary N) is 3. The first-order valence-corrected chi connectivity index (χ1v) is 17.2. The second kappa shape index (κ2) is 13.0. The Kier molecular flexibility index (Phi) is 9.53. The highest BCUT2D eigenvalue weighted by Gasteiger charge is 2.29. The average Bonchev–Trinajstić information content (AvgIpc) is 3.69. The highest BCUT2D eigenvalue weighted by Crippen LogP contribution is 2.42. The molecule has 2 heterocycles. The lowest BCUT2D eigenvalue weighted by Gasteiger charge is -2.31. The van der Waals surface area contributed by atoms with Crippen LogP contribution in [-0.4, -0.2) is 52.1 Å². The summed E-state index contributed by atoms with van der Waals surface area (Å²) in [4.78, 5) is 9.00. The molecule has 3 N–H and O–H groups in total. The van der Waals surface area contributed by atoms with Crippen molar-refractivity contribution in [3.8, 4) is 5.75 Å². The van der Waals surface area contributed by atoms with Crippen molar-refractivity contribution < 1.29 is 13.2 Å². The summed E-state index contributed by atoms with van der Waals surface area (Å²) in [6.07, 6.45) is 10.2. The molecule has 0 bridgehead atoms. The van der Waals surface area contributed by atoms with Gasteiger partial charge in [-0.2, -0.15) is 10.1 Å². The lowest BCUT2D eigenvalue weighted by atomic mass is 9.77. The van der Waals surface area contributed by atoms with E-state index in [-0.39, 0.29) is 22.0 Å². The van der Waals surface area contributed by atoms with E-state index in [1.807, 2.05) is 0 Å². The van der Waals surface area contributed by atoms with Crippen LogP contribution in [0.2, 0.25) is 5.02 Å². The number of halogens is 1. The summed E-state index contributed by atoms with van der Waals surface area (Å²) in [6, 6.07) is 4.85. The number of rotatable bonds is 12. The van der Waals surface area contributed by atoms with Gasteiger partial charge in [-0.15, -0.1) is 0 Å². The minimum Gasteiger partial charge on any atom is -0.488 e. The Balaban J connectivity index is 1.37. The quantitative estimate of drug-likeness (QED) is 0.202. The molecule has 2 aliphatic rings. The first kappa shape index (κ1) is 31.5. The summed E-state index contributed by atoms with van der Waals surface area (Å²) in [5, 5.41) is 13.8. The number of hydrogen-bond acceptors (Lipinski definition) is 9. The lowest BCUT2D eigenvalue weighted by Crippen LogP contribution is -2.30. The molecular weight excluding hydrogens is 586 g/mol. The van der Waals surface area contributed by atoms with Crippen LogP contribution in [0, 0.1) is 12.8 Å². The highest BCUT2D eigenvalue weighted by atomic mass is 35.5. The number of sulfone groups is 1. The molecule has 0 radical (unpaired) electrons. The summed E-state index contributed by atoms with van der Waals surface area (Å²) < 4.78 is 33.7. The van der Waals surface area contributed by atoms with Gasteiger partial charge < -0.3 is 20.7 Å². The fourth-order valence-corrected chi connectivity index (χ4v) is 6.77. The molecule has 0 atom stereocenters. The minimum absolute atomic E-state index is 0.0502. The van der Waals surface area contributed by atoms with Crippen molar-refractivity contribution in [3.05, 3.63) is 40.7 Å². The minimum atomic E-state index is -3.63. The maximum absolute atomic E-state index is 12.9. The van der Waals surface area contributed by atoms with Gasteiger partial charge in [-0.05, 0) is 101 Å². The largest absolute Gasteiger partial charge is 0.488 e. The molecule has 10 nitrogen and oxygen atoms in total. The fraction of sp³-hybridized carbons (Fsp3) is 0.581. The molecule has 234 valence electrons. The predicted molar refractivity (Wildman–Crippen MR) is 172 cm³/mol. The number of hydrogen-bond donors (Lipinski definition) is 3. The number of ether oxygens (including phenoxy) is 1. The van der Waals surface area contributed by atoms with E-state index in [0.717, 1.165) is 36.7 Å². The number of nitrogens with zero attached hydrogens (tertiary/aromatic N) is 4. The monoisotopic (exact) mass is 629 g/mol. The van der Waals surface area contributed by atoms with Crippen molar-refractivity contribution in [1.29, 1.82) is 0 Å². The summed E-state index contributed by atoms with van der Waals surface area (Å²) in [7, 11) is -1.96. The van der Waals surface area contributed by atoms with Crippen molar-refractivity contribution >= 4 is 44.6 Å². The molecule has 2 aromatic heterocycles. The van der Waals surface area contributed by atoms with Gasteiger partial charge in [0.1, 0.15) is 10.8 Å². The van der Waals surface area contributed by atoms with Crippen molar-refractivity contribution in [2.75, 3.05) is 17.2 Å². The Bertz CT molecular complexity index is 1540. The zero-order chi connectivity index (χ0) is 30.9. The van der Waals surface area contributed by atoms with Crippen LogP contribution in [0.3, 0.4) is 0 Å². The second-order valence-corrected chi connectivity index (χ2v) is 15.4. The molecule has 1 aromatic carbocycles. The predicted octanol–water partition coefficient (Wildman–Crippen LogP) is 6.65. The molecule has 2 aliphatic carbocycles. The molecule has 3 aromatic rings. The van der Waals surface area contributed by atoms with Gasteiger partial charge in [-0.25, -0.2) is 13.4 Å². The van der Waals surface area contributed by atoms with E-state index < -0.39 is 15.1 Å². The molecular formula is C31H44ClN7O3S. The first-order chi connectivity index (χ1) is 20.4. The molecule has 0 spiro atoms. The summed E-state index contributed by atoms with van der Waals surface area (Å²) in [5.74, 6) is 2.64. The van der Waals surface area contributed by atoms with E-state index in [4.69, 9.17) is 16.3 Å². The Labute approximate surface area is 260 Å². The molecule has 43 heavy (non-hydrogen) atoms. The third-order valence-corrected chi connectivity index (χ3v) is 10.6. The maximum atomic E-state index is 12.9. The zero-order valence-electron chi connectivity index (χ0n) is 25.9. The second-order valence-electron chi connectivity index (χ2n) is 12.6. The molecule has 2 fully saturated rings.